The molecule has 2 nitrogen and oxygen atoms in total. The smallest absolute Gasteiger partial charge is 0.0359 e. The molecule has 0 saturated carbocycles. The Kier molecular flexibility index (Phi) is 5.58. The highest BCUT2D eigenvalue weighted by Crippen LogP contribution is 2.11. The first-order valence-electron chi connectivity index (χ1n) is 5.31. The highest BCUT2D eigenvalue weighted by atomic mass is 32.2. The second kappa shape index (κ2) is 6.75. The van der Waals surface area contributed by atoms with Gasteiger partial charge in [0, 0.05) is 17.5 Å². The lowest BCUT2D eigenvalue weighted by Crippen LogP contribution is -2.18. The summed E-state index contributed by atoms with van der Waals surface area (Å²) in [6.07, 6.45) is 3.35. The van der Waals surface area contributed by atoms with Crippen molar-refractivity contribution >= 4 is 17.4 Å². The summed E-state index contributed by atoms with van der Waals surface area (Å²) in [7, 11) is 0. The van der Waals surface area contributed by atoms with Crippen LogP contribution in [-0.4, -0.2) is 18.1 Å². The van der Waals surface area contributed by atoms with Gasteiger partial charge in [-0.2, -0.15) is 11.8 Å². The van der Waals surface area contributed by atoms with Crippen LogP contribution < -0.4 is 11.1 Å². The number of para-hydroxylation sites is 1. The van der Waals surface area contributed by atoms with Crippen LogP contribution in [0.2, 0.25) is 0 Å². The van der Waals surface area contributed by atoms with Crippen molar-refractivity contribution in [2.24, 2.45) is 0 Å². The van der Waals surface area contributed by atoms with Crippen LogP contribution in [0.5, 0.6) is 0 Å². The van der Waals surface area contributed by atoms with E-state index < -0.39 is 0 Å². The molecular formula is C12H20N2S. The van der Waals surface area contributed by atoms with Crippen molar-refractivity contribution in [2.75, 3.05) is 18.5 Å². The summed E-state index contributed by atoms with van der Waals surface area (Å²) in [6, 6.07) is 8.01. The molecule has 1 unspecified atom stereocenters. The number of hydrogen-bond acceptors (Lipinski definition) is 3. The summed E-state index contributed by atoms with van der Waals surface area (Å²) in [6.45, 7) is 4.17. The van der Waals surface area contributed by atoms with Crippen LogP contribution in [0.1, 0.15) is 18.9 Å². The maximum atomic E-state index is 5.84. The Hall–Kier alpha value is -0.670. The topological polar surface area (TPSA) is 38.0 Å². The van der Waals surface area contributed by atoms with Crippen LogP contribution in [-0.2, 0) is 6.54 Å². The van der Waals surface area contributed by atoms with E-state index in [9.17, 15) is 0 Å². The Labute approximate surface area is 96.6 Å². The van der Waals surface area contributed by atoms with E-state index in [4.69, 9.17) is 5.73 Å². The van der Waals surface area contributed by atoms with Gasteiger partial charge in [-0.1, -0.05) is 25.1 Å². The minimum atomic E-state index is 0.727. The number of anilines is 1. The van der Waals surface area contributed by atoms with Crippen LogP contribution in [0.4, 0.5) is 5.69 Å². The average Bonchev–Trinajstić information content (AvgIpc) is 2.26. The molecule has 84 valence electrons. The van der Waals surface area contributed by atoms with Gasteiger partial charge in [0.2, 0.25) is 0 Å². The zero-order valence-electron chi connectivity index (χ0n) is 9.49. The molecule has 0 saturated heterocycles. The molecule has 0 bridgehead atoms. The van der Waals surface area contributed by atoms with E-state index in [0.717, 1.165) is 24.0 Å². The lowest BCUT2D eigenvalue weighted by atomic mass is 10.2. The van der Waals surface area contributed by atoms with Gasteiger partial charge in [0.25, 0.3) is 0 Å². The van der Waals surface area contributed by atoms with Crippen molar-refractivity contribution < 1.29 is 0 Å². The number of nitrogens with two attached hydrogens (primary N) is 1. The van der Waals surface area contributed by atoms with Gasteiger partial charge in [-0.15, -0.1) is 0 Å². The van der Waals surface area contributed by atoms with Crippen LogP contribution in [0, 0.1) is 0 Å². The fourth-order valence-corrected chi connectivity index (χ4v) is 1.69. The summed E-state index contributed by atoms with van der Waals surface area (Å²) in [5, 5.41) is 4.14. The zero-order chi connectivity index (χ0) is 11.1. The highest BCUT2D eigenvalue weighted by Gasteiger charge is 1.99. The summed E-state index contributed by atoms with van der Waals surface area (Å²) in [5.74, 6) is 0. The molecule has 0 radical (unpaired) electrons. The molecule has 0 aliphatic carbocycles. The average molecular weight is 224 g/mol. The van der Waals surface area contributed by atoms with E-state index in [-0.39, 0.29) is 0 Å². The number of hydrogen-bond donors (Lipinski definition) is 2. The van der Waals surface area contributed by atoms with Gasteiger partial charge in [0.15, 0.2) is 0 Å². The van der Waals surface area contributed by atoms with Gasteiger partial charge in [0.1, 0.15) is 0 Å². The van der Waals surface area contributed by atoms with E-state index in [2.05, 4.69) is 24.6 Å². The predicted molar refractivity (Wildman–Crippen MR) is 70.2 cm³/mol. The molecule has 0 spiro atoms. The SMILES string of the molecule is CSC(C)CCNCc1ccccc1N. The highest BCUT2D eigenvalue weighted by molar-refractivity contribution is 7.99. The first-order chi connectivity index (χ1) is 7.24. The second-order valence-electron chi connectivity index (χ2n) is 3.71. The molecule has 0 aliphatic heterocycles. The molecule has 1 aromatic carbocycles. The Morgan fingerprint density at radius 1 is 1.40 bits per heavy atom. The van der Waals surface area contributed by atoms with Gasteiger partial charge >= 0.3 is 0 Å². The van der Waals surface area contributed by atoms with Crippen molar-refractivity contribution in [3.8, 4) is 0 Å². The van der Waals surface area contributed by atoms with Crippen LogP contribution in [0.25, 0.3) is 0 Å². The van der Waals surface area contributed by atoms with Crippen molar-refractivity contribution in [2.45, 2.75) is 25.1 Å². The summed E-state index contributed by atoms with van der Waals surface area (Å²) in [5.41, 5.74) is 7.91. The van der Waals surface area contributed by atoms with Gasteiger partial charge in [0.05, 0.1) is 0 Å². The quantitative estimate of drug-likeness (QED) is 0.576. The zero-order valence-corrected chi connectivity index (χ0v) is 10.3. The summed E-state index contributed by atoms with van der Waals surface area (Å²) < 4.78 is 0. The normalized spacial score (nSPS) is 12.7. The molecule has 1 rings (SSSR count). The number of nitrogens with one attached hydrogen (secondary N) is 1. The van der Waals surface area contributed by atoms with E-state index in [1.54, 1.807) is 0 Å². The number of thioether (sulfide) groups is 1. The van der Waals surface area contributed by atoms with Crippen molar-refractivity contribution in [1.82, 2.24) is 5.32 Å². The fourth-order valence-electron chi connectivity index (χ4n) is 1.34. The number of rotatable bonds is 6. The first kappa shape index (κ1) is 12.4. The fraction of sp³-hybridized carbons (Fsp3) is 0.500. The molecular weight excluding hydrogens is 204 g/mol. The molecule has 3 heteroatoms. The second-order valence-corrected chi connectivity index (χ2v) is 4.99. The first-order valence-corrected chi connectivity index (χ1v) is 6.59. The molecule has 0 aromatic heterocycles. The molecule has 0 fully saturated rings. The maximum absolute atomic E-state index is 5.84. The lowest BCUT2D eigenvalue weighted by molar-refractivity contribution is 0.649. The molecule has 15 heavy (non-hydrogen) atoms. The maximum Gasteiger partial charge on any atom is 0.0359 e. The van der Waals surface area contributed by atoms with Crippen molar-refractivity contribution in [3.63, 3.8) is 0 Å². The molecule has 0 amide bonds. The third kappa shape index (κ3) is 4.58. The van der Waals surface area contributed by atoms with Crippen molar-refractivity contribution in [3.05, 3.63) is 29.8 Å². The Morgan fingerprint density at radius 2 is 2.13 bits per heavy atom. The molecule has 3 N–H and O–H groups in total. The van der Waals surface area contributed by atoms with Crippen LogP contribution in [0.3, 0.4) is 0 Å². The van der Waals surface area contributed by atoms with E-state index >= 15 is 0 Å². The molecule has 1 atom stereocenters. The largest absolute Gasteiger partial charge is 0.398 e. The van der Waals surface area contributed by atoms with Gasteiger partial charge in [-0.3, -0.25) is 0 Å². The predicted octanol–water partition coefficient (Wildman–Crippen LogP) is 2.50. The van der Waals surface area contributed by atoms with Crippen LogP contribution >= 0.6 is 11.8 Å². The summed E-state index contributed by atoms with van der Waals surface area (Å²) >= 11 is 1.91. The Morgan fingerprint density at radius 3 is 2.80 bits per heavy atom. The van der Waals surface area contributed by atoms with Crippen LogP contribution in [0.15, 0.2) is 24.3 Å². The van der Waals surface area contributed by atoms with E-state index in [1.807, 2.05) is 30.0 Å². The number of nitrogen functional groups attached to an aromatic ring is 1. The van der Waals surface area contributed by atoms with Gasteiger partial charge < -0.3 is 11.1 Å². The van der Waals surface area contributed by atoms with E-state index in [1.165, 1.54) is 12.0 Å². The standard InChI is InChI=1S/C12H20N2S/c1-10(15-2)7-8-14-9-11-5-3-4-6-12(11)13/h3-6,10,14H,7-9,13H2,1-2H3. The van der Waals surface area contributed by atoms with Crippen molar-refractivity contribution in [1.29, 1.82) is 0 Å². The van der Waals surface area contributed by atoms with Gasteiger partial charge in [-0.25, -0.2) is 0 Å². The Balaban J connectivity index is 2.23. The molecule has 0 heterocycles. The third-order valence-corrected chi connectivity index (χ3v) is 3.54. The monoisotopic (exact) mass is 224 g/mol. The summed E-state index contributed by atoms with van der Waals surface area (Å²) in [4.78, 5) is 0. The minimum absolute atomic E-state index is 0.727. The lowest BCUT2D eigenvalue weighted by Gasteiger charge is -2.10. The molecule has 0 aliphatic rings. The molecule has 1 aromatic rings. The number of benzene rings is 1. The third-order valence-electron chi connectivity index (χ3n) is 2.50. The van der Waals surface area contributed by atoms with E-state index in [0.29, 0.717) is 0 Å². The Bertz CT molecular complexity index is 289. The minimum Gasteiger partial charge on any atom is -0.398 e. The van der Waals surface area contributed by atoms with Gasteiger partial charge in [-0.05, 0) is 30.9 Å².